The topological polar surface area (TPSA) is 25.2 Å². The smallest absolute Gasteiger partial charge is 0.270 e. The van der Waals surface area contributed by atoms with Crippen LogP contribution in [0.5, 0.6) is 0 Å². The fourth-order valence-electron chi connectivity index (χ4n) is 3.87. The van der Waals surface area contributed by atoms with Gasteiger partial charge in [0, 0.05) is 29.2 Å². The standard InChI is InChI=1S/C26H18ClFN2OS2/c1-16-6-8-17(9-7-16)14-29-15-18(20-4-2-3-5-23(20)29)12-24-25(31)30(26(32)33-24)19-10-11-22(28)21(27)13-19/h2-13,15H,14H2,1H3/b24-12-. The minimum atomic E-state index is -0.539. The van der Waals surface area contributed by atoms with Crippen molar-refractivity contribution >= 4 is 68.5 Å². The summed E-state index contributed by atoms with van der Waals surface area (Å²) in [4.78, 5) is 15.1. The van der Waals surface area contributed by atoms with Crippen molar-refractivity contribution in [2.45, 2.75) is 13.5 Å². The molecule has 1 fully saturated rings. The van der Waals surface area contributed by atoms with Crippen molar-refractivity contribution < 1.29 is 9.18 Å². The van der Waals surface area contributed by atoms with Crippen LogP contribution in [0, 0.1) is 12.7 Å². The van der Waals surface area contributed by atoms with E-state index in [4.69, 9.17) is 23.8 Å². The second-order valence-electron chi connectivity index (χ2n) is 7.83. The number of rotatable bonds is 4. The molecule has 0 bridgehead atoms. The maximum Gasteiger partial charge on any atom is 0.270 e. The Morgan fingerprint density at radius 3 is 2.61 bits per heavy atom. The molecule has 0 saturated carbocycles. The zero-order valence-electron chi connectivity index (χ0n) is 17.6. The second-order valence-corrected chi connectivity index (χ2v) is 9.91. The molecule has 1 aliphatic rings. The maximum atomic E-state index is 13.6. The van der Waals surface area contributed by atoms with E-state index in [0.29, 0.717) is 14.9 Å². The van der Waals surface area contributed by atoms with Crippen molar-refractivity contribution in [2.24, 2.45) is 0 Å². The summed E-state index contributed by atoms with van der Waals surface area (Å²) in [6.07, 6.45) is 3.93. The molecule has 7 heteroatoms. The van der Waals surface area contributed by atoms with E-state index in [9.17, 15) is 9.18 Å². The molecule has 4 aromatic rings. The van der Waals surface area contributed by atoms with E-state index in [-0.39, 0.29) is 10.9 Å². The molecule has 1 aromatic heterocycles. The summed E-state index contributed by atoms with van der Waals surface area (Å²) in [5, 5.41) is 1.00. The van der Waals surface area contributed by atoms with Crippen molar-refractivity contribution in [3.8, 4) is 0 Å². The number of hydrogen-bond donors (Lipinski definition) is 0. The van der Waals surface area contributed by atoms with Gasteiger partial charge in [0.05, 0.1) is 15.6 Å². The number of carbonyl (C=O) groups is 1. The largest absolute Gasteiger partial charge is 0.342 e. The van der Waals surface area contributed by atoms with E-state index in [1.165, 1.54) is 46.0 Å². The number of thioether (sulfide) groups is 1. The predicted molar refractivity (Wildman–Crippen MR) is 139 cm³/mol. The van der Waals surface area contributed by atoms with E-state index in [1.54, 1.807) is 0 Å². The molecule has 3 aromatic carbocycles. The molecule has 5 rings (SSSR count). The van der Waals surface area contributed by atoms with Gasteiger partial charge in [-0.15, -0.1) is 0 Å². The summed E-state index contributed by atoms with van der Waals surface area (Å²) in [5.74, 6) is -0.786. The monoisotopic (exact) mass is 492 g/mol. The van der Waals surface area contributed by atoms with Gasteiger partial charge in [-0.25, -0.2) is 4.39 Å². The minimum Gasteiger partial charge on any atom is -0.342 e. The van der Waals surface area contributed by atoms with Crippen molar-refractivity contribution in [3.63, 3.8) is 0 Å². The van der Waals surface area contributed by atoms with E-state index in [0.717, 1.165) is 23.0 Å². The van der Waals surface area contributed by atoms with Crippen molar-refractivity contribution in [2.75, 3.05) is 4.90 Å². The number of fused-ring (bicyclic) bond motifs is 1. The van der Waals surface area contributed by atoms with Gasteiger partial charge in [0.25, 0.3) is 5.91 Å². The lowest BCUT2D eigenvalue weighted by atomic mass is 10.1. The van der Waals surface area contributed by atoms with E-state index in [1.807, 2.05) is 24.3 Å². The van der Waals surface area contributed by atoms with Gasteiger partial charge in [-0.3, -0.25) is 9.69 Å². The SMILES string of the molecule is Cc1ccc(Cn2cc(/C=C3\SC(=S)N(c4ccc(F)c(Cl)c4)C3=O)c3ccccc32)cc1. The Morgan fingerprint density at radius 1 is 1.09 bits per heavy atom. The third-order valence-electron chi connectivity index (χ3n) is 5.53. The Kier molecular flexibility index (Phi) is 5.83. The molecule has 0 unspecified atom stereocenters. The van der Waals surface area contributed by atoms with Gasteiger partial charge in [-0.1, -0.05) is 83.6 Å². The summed E-state index contributed by atoms with van der Waals surface area (Å²) in [6.45, 7) is 2.80. The third kappa shape index (κ3) is 4.22. The molecular formula is C26H18ClFN2OS2. The fourth-order valence-corrected chi connectivity index (χ4v) is 5.33. The molecule has 0 radical (unpaired) electrons. The summed E-state index contributed by atoms with van der Waals surface area (Å²) in [7, 11) is 0. The first kappa shape index (κ1) is 21.9. The van der Waals surface area contributed by atoms with Crippen LogP contribution in [0.3, 0.4) is 0 Å². The second kappa shape index (κ2) is 8.78. The van der Waals surface area contributed by atoms with Gasteiger partial charge in [0.1, 0.15) is 5.82 Å². The van der Waals surface area contributed by atoms with Crippen LogP contribution < -0.4 is 4.90 Å². The average molecular weight is 493 g/mol. The Labute approximate surface area is 205 Å². The lowest BCUT2D eigenvalue weighted by Crippen LogP contribution is -2.27. The molecule has 0 spiro atoms. The summed E-state index contributed by atoms with van der Waals surface area (Å²) in [6, 6.07) is 20.7. The lowest BCUT2D eigenvalue weighted by Gasteiger charge is -2.14. The molecule has 0 N–H and O–H groups in total. The predicted octanol–water partition coefficient (Wildman–Crippen LogP) is 7.20. The molecule has 3 nitrogen and oxygen atoms in total. The van der Waals surface area contributed by atoms with Crippen LogP contribution in [0.15, 0.2) is 77.8 Å². The first-order valence-corrected chi connectivity index (χ1v) is 11.9. The van der Waals surface area contributed by atoms with Crippen LogP contribution in [-0.4, -0.2) is 14.8 Å². The normalized spacial score (nSPS) is 15.2. The van der Waals surface area contributed by atoms with Gasteiger partial charge >= 0.3 is 0 Å². The van der Waals surface area contributed by atoms with Crippen molar-refractivity contribution in [1.29, 1.82) is 0 Å². The highest BCUT2D eigenvalue weighted by Gasteiger charge is 2.33. The summed E-state index contributed by atoms with van der Waals surface area (Å²) >= 11 is 12.6. The van der Waals surface area contributed by atoms with Crippen LogP contribution in [0.25, 0.3) is 17.0 Å². The molecule has 0 aliphatic carbocycles. The van der Waals surface area contributed by atoms with Gasteiger partial charge < -0.3 is 4.57 Å². The highest BCUT2D eigenvalue weighted by atomic mass is 35.5. The molecule has 2 heterocycles. The molecule has 1 aliphatic heterocycles. The average Bonchev–Trinajstić information content (AvgIpc) is 3.28. The summed E-state index contributed by atoms with van der Waals surface area (Å²) < 4.78 is 16.2. The zero-order valence-corrected chi connectivity index (χ0v) is 20.0. The molecule has 1 saturated heterocycles. The minimum absolute atomic E-state index is 0.0512. The number of para-hydroxylation sites is 1. The molecule has 33 heavy (non-hydrogen) atoms. The number of benzene rings is 3. The number of hydrogen-bond acceptors (Lipinski definition) is 3. The zero-order chi connectivity index (χ0) is 23.1. The van der Waals surface area contributed by atoms with Crippen LogP contribution >= 0.6 is 35.6 Å². The lowest BCUT2D eigenvalue weighted by molar-refractivity contribution is -0.113. The number of carbonyl (C=O) groups excluding carboxylic acids is 1. The first-order valence-electron chi connectivity index (χ1n) is 10.3. The Bertz CT molecular complexity index is 1440. The first-order chi connectivity index (χ1) is 15.9. The highest BCUT2D eigenvalue weighted by molar-refractivity contribution is 8.27. The van der Waals surface area contributed by atoms with Crippen LogP contribution in [-0.2, 0) is 11.3 Å². The van der Waals surface area contributed by atoms with Crippen molar-refractivity contribution in [3.05, 3.63) is 105 Å². The van der Waals surface area contributed by atoms with E-state index >= 15 is 0 Å². The van der Waals surface area contributed by atoms with Crippen LogP contribution in [0.1, 0.15) is 16.7 Å². The Hall–Kier alpha value is -2.93. The Morgan fingerprint density at radius 2 is 1.85 bits per heavy atom. The number of halogens is 2. The van der Waals surface area contributed by atoms with Crippen LogP contribution in [0.2, 0.25) is 5.02 Å². The molecular weight excluding hydrogens is 475 g/mol. The van der Waals surface area contributed by atoms with Gasteiger partial charge in [0.2, 0.25) is 0 Å². The van der Waals surface area contributed by atoms with Gasteiger partial charge in [-0.2, -0.15) is 0 Å². The number of aromatic nitrogens is 1. The number of aryl methyl sites for hydroxylation is 1. The van der Waals surface area contributed by atoms with E-state index < -0.39 is 5.82 Å². The summed E-state index contributed by atoms with van der Waals surface area (Å²) in [5.41, 5.74) is 4.91. The third-order valence-corrected chi connectivity index (χ3v) is 7.13. The van der Waals surface area contributed by atoms with Gasteiger partial charge in [0.15, 0.2) is 4.32 Å². The number of nitrogens with zero attached hydrogens (tertiary/aromatic N) is 2. The fraction of sp³-hybridized carbons (Fsp3) is 0.0769. The molecule has 0 atom stereocenters. The number of anilines is 1. The quantitative estimate of drug-likeness (QED) is 0.222. The maximum absolute atomic E-state index is 13.6. The van der Waals surface area contributed by atoms with Crippen molar-refractivity contribution in [1.82, 2.24) is 4.57 Å². The molecule has 1 amide bonds. The van der Waals surface area contributed by atoms with Crippen LogP contribution in [0.4, 0.5) is 10.1 Å². The Balaban J connectivity index is 1.51. The van der Waals surface area contributed by atoms with Gasteiger partial charge in [-0.05, 0) is 42.8 Å². The number of thiocarbonyl (C=S) groups is 1. The molecule has 164 valence electrons. The highest BCUT2D eigenvalue weighted by Crippen LogP contribution is 2.38. The number of amides is 1. The van der Waals surface area contributed by atoms with E-state index in [2.05, 4.69) is 48.0 Å².